The van der Waals surface area contributed by atoms with Crippen molar-refractivity contribution in [1.29, 1.82) is 0 Å². The Bertz CT molecular complexity index is 1150. The van der Waals surface area contributed by atoms with E-state index in [4.69, 9.17) is 8.92 Å². The lowest BCUT2D eigenvalue weighted by Gasteiger charge is -2.17. The molecule has 0 aromatic heterocycles. The smallest absolute Gasteiger partial charge is 0.297 e. The number of halogens is 1. The fourth-order valence-electron chi connectivity index (χ4n) is 3.57. The second-order valence-corrected chi connectivity index (χ2v) is 8.43. The standard InChI is InChI=1S/C22H19FO4S/c1-14-10-11-21(28(24,25)26-2)18(12-14)20-13-15-6-5-8-17(22(15)27-20)16-7-3-4-9-19(16)23/h3-12,20H,13H2,1-2H3. The van der Waals surface area contributed by atoms with Crippen molar-refractivity contribution in [2.45, 2.75) is 24.3 Å². The van der Waals surface area contributed by atoms with E-state index in [9.17, 15) is 12.8 Å². The molecule has 0 saturated heterocycles. The molecular formula is C22H19FO4S. The van der Waals surface area contributed by atoms with Crippen LogP contribution in [0.3, 0.4) is 0 Å². The summed E-state index contributed by atoms with van der Waals surface area (Å²) in [4.78, 5) is 0.0887. The van der Waals surface area contributed by atoms with Gasteiger partial charge in [-0.05, 0) is 24.6 Å². The van der Waals surface area contributed by atoms with E-state index in [1.54, 1.807) is 30.3 Å². The summed E-state index contributed by atoms with van der Waals surface area (Å²) in [5.41, 5.74) is 3.47. The molecule has 0 saturated carbocycles. The summed E-state index contributed by atoms with van der Waals surface area (Å²) in [6.45, 7) is 1.89. The molecule has 3 aromatic carbocycles. The molecule has 3 aromatic rings. The number of fused-ring (bicyclic) bond motifs is 1. The molecule has 4 nitrogen and oxygen atoms in total. The molecule has 6 heteroatoms. The average molecular weight is 398 g/mol. The minimum Gasteiger partial charge on any atom is -0.484 e. The van der Waals surface area contributed by atoms with Gasteiger partial charge < -0.3 is 4.74 Å². The van der Waals surface area contributed by atoms with E-state index in [0.717, 1.165) is 18.2 Å². The lowest BCUT2D eigenvalue weighted by Crippen LogP contribution is -2.12. The molecule has 1 heterocycles. The Labute approximate surface area is 163 Å². The topological polar surface area (TPSA) is 52.6 Å². The molecule has 4 rings (SSSR count). The van der Waals surface area contributed by atoms with Gasteiger partial charge in [0.25, 0.3) is 10.1 Å². The van der Waals surface area contributed by atoms with Crippen LogP contribution in [0.15, 0.2) is 65.6 Å². The highest BCUT2D eigenvalue weighted by atomic mass is 32.2. The van der Waals surface area contributed by atoms with Crippen LogP contribution in [0.1, 0.15) is 22.8 Å². The van der Waals surface area contributed by atoms with Crippen LogP contribution >= 0.6 is 0 Å². The summed E-state index contributed by atoms with van der Waals surface area (Å²) in [5, 5.41) is 0. The SMILES string of the molecule is COS(=O)(=O)c1ccc(C)cc1C1Cc2cccc(-c3ccccc3F)c2O1. The highest BCUT2D eigenvalue weighted by Crippen LogP contribution is 2.45. The molecule has 0 fully saturated rings. The number of hydrogen-bond donors (Lipinski definition) is 0. The normalized spacial score (nSPS) is 15.9. The van der Waals surface area contributed by atoms with E-state index < -0.39 is 16.2 Å². The van der Waals surface area contributed by atoms with Gasteiger partial charge in [-0.25, -0.2) is 4.39 Å². The predicted octanol–water partition coefficient (Wildman–Crippen LogP) is 4.81. The lowest BCUT2D eigenvalue weighted by atomic mass is 9.98. The number of benzene rings is 3. The number of ether oxygens (including phenoxy) is 1. The van der Waals surface area contributed by atoms with E-state index in [2.05, 4.69) is 0 Å². The van der Waals surface area contributed by atoms with Crippen molar-refractivity contribution < 1.29 is 21.7 Å². The second-order valence-electron chi connectivity index (χ2n) is 6.75. The number of para-hydroxylation sites is 1. The van der Waals surface area contributed by atoms with Gasteiger partial charge in [-0.1, -0.05) is 54.1 Å². The summed E-state index contributed by atoms with van der Waals surface area (Å²) < 4.78 is 50.0. The molecule has 28 heavy (non-hydrogen) atoms. The van der Waals surface area contributed by atoms with Gasteiger partial charge in [-0.2, -0.15) is 8.42 Å². The van der Waals surface area contributed by atoms with Crippen LogP contribution in [0, 0.1) is 12.7 Å². The Morgan fingerprint density at radius 3 is 2.54 bits per heavy atom. The third-order valence-corrected chi connectivity index (χ3v) is 6.28. The van der Waals surface area contributed by atoms with Crippen LogP contribution in [-0.2, 0) is 20.7 Å². The molecular weight excluding hydrogens is 379 g/mol. The van der Waals surface area contributed by atoms with Crippen molar-refractivity contribution in [1.82, 2.24) is 0 Å². The quantitative estimate of drug-likeness (QED) is 0.592. The zero-order valence-electron chi connectivity index (χ0n) is 15.5. The first kappa shape index (κ1) is 18.7. The van der Waals surface area contributed by atoms with E-state index >= 15 is 0 Å². The Balaban J connectivity index is 1.80. The van der Waals surface area contributed by atoms with Gasteiger partial charge in [0.2, 0.25) is 0 Å². The highest BCUT2D eigenvalue weighted by Gasteiger charge is 2.32. The van der Waals surface area contributed by atoms with Crippen molar-refractivity contribution in [2.75, 3.05) is 7.11 Å². The second kappa shape index (κ2) is 7.04. The monoisotopic (exact) mass is 398 g/mol. The Morgan fingerprint density at radius 2 is 1.79 bits per heavy atom. The van der Waals surface area contributed by atoms with Crippen LogP contribution in [0.5, 0.6) is 5.75 Å². The van der Waals surface area contributed by atoms with E-state index in [1.165, 1.54) is 12.1 Å². The molecule has 1 unspecified atom stereocenters. The predicted molar refractivity (Wildman–Crippen MR) is 104 cm³/mol. The summed E-state index contributed by atoms with van der Waals surface area (Å²) in [7, 11) is -2.74. The number of hydrogen-bond acceptors (Lipinski definition) is 4. The third-order valence-electron chi connectivity index (χ3n) is 4.93. The minimum atomic E-state index is -3.88. The third kappa shape index (κ3) is 3.19. The van der Waals surface area contributed by atoms with Crippen molar-refractivity contribution in [3.05, 3.63) is 83.2 Å². The van der Waals surface area contributed by atoms with Crippen molar-refractivity contribution in [3.63, 3.8) is 0 Å². The van der Waals surface area contributed by atoms with Crippen LogP contribution in [0.4, 0.5) is 4.39 Å². The van der Waals surface area contributed by atoms with Crippen molar-refractivity contribution >= 4 is 10.1 Å². The van der Waals surface area contributed by atoms with E-state index in [1.807, 2.05) is 25.1 Å². The Morgan fingerprint density at radius 1 is 1.04 bits per heavy atom. The first-order valence-corrected chi connectivity index (χ1v) is 10.3. The molecule has 0 N–H and O–H groups in total. The van der Waals surface area contributed by atoms with Crippen LogP contribution in [0.2, 0.25) is 0 Å². The van der Waals surface area contributed by atoms with Gasteiger partial charge in [0.1, 0.15) is 22.6 Å². The van der Waals surface area contributed by atoms with Crippen LogP contribution in [0.25, 0.3) is 11.1 Å². The molecule has 0 bridgehead atoms. The maximum Gasteiger partial charge on any atom is 0.297 e. The van der Waals surface area contributed by atoms with Gasteiger partial charge in [0, 0.05) is 23.1 Å². The highest BCUT2D eigenvalue weighted by molar-refractivity contribution is 7.86. The summed E-state index contributed by atoms with van der Waals surface area (Å²) in [6, 6.07) is 17.2. The lowest BCUT2D eigenvalue weighted by molar-refractivity contribution is 0.235. The van der Waals surface area contributed by atoms with E-state index in [-0.39, 0.29) is 10.7 Å². The zero-order valence-corrected chi connectivity index (χ0v) is 16.3. The molecule has 144 valence electrons. The van der Waals surface area contributed by atoms with E-state index in [0.29, 0.717) is 28.9 Å². The summed E-state index contributed by atoms with van der Waals surface area (Å²) >= 11 is 0. The number of aryl methyl sites for hydroxylation is 1. The van der Waals surface area contributed by atoms with Gasteiger partial charge >= 0.3 is 0 Å². The summed E-state index contributed by atoms with van der Waals surface area (Å²) in [6.07, 6.45) is -0.00409. The summed E-state index contributed by atoms with van der Waals surface area (Å²) in [5.74, 6) is 0.251. The molecule has 1 aliphatic heterocycles. The van der Waals surface area contributed by atoms with Crippen molar-refractivity contribution in [2.24, 2.45) is 0 Å². The first-order chi connectivity index (χ1) is 13.4. The van der Waals surface area contributed by atoms with Gasteiger partial charge in [0.15, 0.2) is 0 Å². The zero-order chi connectivity index (χ0) is 19.9. The Hall–Kier alpha value is -2.70. The molecule has 0 aliphatic carbocycles. The van der Waals surface area contributed by atoms with Crippen molar-refractivity contribution in [3.8, 4) is 16.9 Å². The molecule has 0 amide bonds. The fourth-order valence-corrected chi connectivity index (χ4v) is 4.46. The number of rotatable bonds is 4. The van der Waals surface area contributed by atoms with Gasteiger partial charge in [-0.3, -0.25) is 4.18 Å². The molecule has 0 spiro atoms. The first-order valence-electron chi connectivity index (χ1n) is 8.85. The average Bonchev–Trinajstić information content (AvgIpc) is 3.12. The van der Waals surface area contributed by atoms with Gasteiger partial charge in [-0.15, -0.1) is 0 Å². The maximum absolute atomic E-state index is 14.3. The molecule has 0 radical (unpaired) electrons. The molecule has 1 atom stereocenters. The Kier molecular flexibility index (Phi) is 4.69. The maximum atomic E-state index is 14.3. The largest absolute Gasteiger partial charge is 0.484 e. The molecule has 1 aliphatic rings. The minimum absolute atomic E-state index is 0.0887. The fraction of sp³-hybridized carbons (Fsp3) is 0.182. The van der Waals surface area contributed by atoms with Crippen LogP contribution < -0.4 is 4.74 Å². The van der Waals surface area contributed by atoms with Crippen LogP contribution in [-0.4, -0.2) is 15.5 Å². The van der Waals surface area contributed by atoms with Gasteiger partial charge in [0.05, 0.1) is 7.11 Å².